The maximum Gasteiger partial charge on any atom is 0.317 e. The second kappa shape index (κ2) is 7.36. The molecule has 0 aromatic carbocycles. The van der Waals surface area contributed by atoms with Gasteiger partial charge in [-0.3, -0.25) is 4.90 Å². The first kappa shape index (κ1) is 17.0. The number of aryl methyl sites for hydroxylation is 2. The van der Waals surface area contributed by atoms with Gasteiger partial charge in [0.25, 0.3) is 0 Å². The third-order valence-corrected chi connectivity index (χ3v) is 5.34. The molecule has 0 spiro atoms. The number of rotatable bonds is 4. The number of aromatic nitrogens is 1. The fraction of sp³-hybridized carbons (Fsp3) is 0.529. The summed E-state index contributed by atoms with van der Waals surface area (Å²) in [5.74, 6) is 1.36. The number of nitrogens with one attached hydrogen (secondary N) is 1. The summed E-state index contributed by atoms with van der Waals surface area (Å²) in [6.45, 7) is 9.60. The largest absolute Gasteiger partial charge is 0.444 e. The fourth-order valence-electron chi connectivity index (χ4n) is 2.91. The zero-order valence-corrected chi connectivity index (χ0v) is 15.2. The lowest BCUT2D eigenvalue weighted by molar-refractivity contribution is 0.113. The van der Waals surface area contributed by atoms with E-state index in [0.29, 0.717) is 18.5 Å². The van der Waals surface area contributed by atoms with E-state index in [1.165, 1.54) is 5.56 Å². The van der Waals surface area contributed by atoms with Gasteiger partial charge in [0.2, 0.25) is 5.89 Å². The summed E-state index contributed by atoms with van der Waals surface area (Å²) in [5.41, 5.74) is 2.22. The van der Waals surface area contributed by atoms with Crippen molar-refractivity contribution < 1.29 is 9.21 Å². The van der Waals surface area contributed by atoms with Crippen molar-refractivity contribution in [1.29, 1.82) is 0 Å². The Balaban J connectivity index is 1.46. The van der Waals surface area contributed by atoms with Gasteiger partial charge in [0, 0.05) is 32.2 Å². The molecule has 1 fully saturated rings. The highest BCUT2D eigenvalue weighted by Gasteiger charge is 2.25. The number of hydrogen-bond donors (Lipinski definition) is 1. The molecule has 1 unspecified atom stereocenters. The first-order chi connectivity index (χ1) is 11.5. The molecule has 2 aromatic rings. The summed E-state index contributed by atoms with van der Waals surface area (Å²) in [4.78, 5) is 20.9. The average molecular weight is 348 g/mol. The number of thiophene rings is 1. The van der Waals surface area contributed by atoms with Gasteiger partial charge in [0.15, 0.2) is 0 Å². The van der Waals surface area contributed by atoms with Crippen LogP contribution in [0.3, 0.4) is 0 Å². The highest BCUT2D eigenvalue weighted by Crippen LogP contribution is 2.23. The molecule has 130 valence electrons. The number of carbonyl (C=O) groups is 1. The molecule has 1 atom stereocenters. The predicted molar refractivity (Wildman–Crippen MR) is 94.1 cm³/mol. The summed E-state index contributed by atoms with van der Waals surface area (Å²) in [5, 5.41) is 7.21. The average Bonchev–Trinajstić information content (AvgIpc) is 3.23. The number of hydrogen-bond acceptors (Lipinski definition) is 5. The maximum atomic E-state index is 12.3. The van der Waals surface area contributed by atoms with Crippen LogP contribution in [0.1, 0.15) is 35.9 Å². The zero-order chi connectivity index (χ0) is 17.1. The van der Waals surface area contributed by atoms with E-state index in [4.69, 9.17) is 4.42 Å². The summed E-state index contributed by atoms with van der Waals surface area (Å²) in [6.07, 6.45) is 0. The van der Waals surface area contributed by atoms with Gasteiger partial charge in [0.1, 0.15) is 5.76 Å². The van der Waals surface area contributed by atoms with Gasteiger partial charge in [-0.2, -0.15) is 11.3 Å². The molecule has 0 aliphatic carbocycles. The second-order valence-corrected chi connectivity index (χ2v) is 6.94. The molecule has 1 N–H and O–H groups in total. The summed E-state index contributed by atoms with van der Waals surface area (Å²) >= 11 is 1.73. The van der Waals surface area contributed by atoms with Crippen molar-refractivity contribution in [3.63, 3.8) is 0 Å². The molecule has 2 amide bonds. The minimum atomic E-state index is -0.0497. The van der Waals surface area contributed by atoms with Crippen LogP contribution in [0.4, 0.5) is 4.79 Å². The quantitative estimate of drug-likeness (QED) is 0.923. The van der Waals surface area contributed by atoms with Crippen molar-refractivity contribution in [3.05, 3.63) is 39.7 Å². The number of carbonyl (C=O) groups excluding carboxylic acids is 1. The van der Waals surface area contributed by atoms with E-state index < -0.39 is 0 Å². The third kappa shape index (κ3) is 3.79. The third-order valence-electron chi connectivity index (χ3n) is 4.64. The molecule has 3 rings (SSSR count). The molecule has 3 heterocycles. The van der Waals surface area contributed by atoms with Crippen LogP contribution in [0.2, 0.25) is 0 Å². The normalized spacial score (nSPS) is 17.0. The molecule has 1 aliphatic heterocycles. The summed E-state index contributed by atoms with van der Waals surface area (Å²) < 4.78 is 5.49. The first-order valence-corrected chi connectivity index (χ1v) is 9.20. The first-order valence-electron chi connectivity index (χ1n) is 8.26. The number of amides is 2. The SMILES string of the molecule is Cc1nc(CNC(=O)N2CCN(C(C)c3ccsc3)CC2)oc1C. The minimum absolute atomic E-state index is 0.0497. The lowest BCUT2D eigenvalue weighted by Gasteiger charge is -2.37. The predicted octanol–water partition coefficient (Wildman–Crippen LogP) is 2.94. The smallest absolute Gasteiger partial charge is 0.317 e. The van der Waals surface area contributed by atoms with Crippen LogP contribution in [0.15, 0.2) is 21.2 Å². The highest BCUT2D eigenvalue weighted by atomic mass is 32.1. The van der Waals surface area contributed by atoms with Gasteiger partial charge in [-0.1, -0.05) is 0 Å². The van der Waals surface area contributed by atoms with Crippen LogP contribution in [0.25, 0.3) is 0 Å². The van der Waals surface area contributed by atoms with Gasteiger partial charge < -0.3 is 14.6 Å². The van der Waals surface area contributed by atoms with Crippen LogP contribution in [0, 0.1) is 13.8 Å². The molecular formula is C17H24N4O2S. The highest BCUT2D eigenvalue weighted by molar-refractivity contribution is 7.07. The van der Waals surface area contributed by atoms with E-state index in [9.17, 15) is 4.79 Å². The second-order valence-electron chi connectivity index (χ2n) is 6.16. The molecular weight excluding hydrogens is 324 g/mol. The molecule has 1 aliphatic rings. The Kier molecular flexibility index (Phi) is 5.20. The fourth-order valence-corrected chi connectivity index (χ4v) is 3.66. The van der Waals surface area contributed by atoms with Gasteiger partial charge in [-0.15, -0.1) is 0 Å². The summed E-state index contributed by atoms with van der Waals surface area (Å²) in [7, 11) is 0. The van der Waals surface area contributed by atoms with Crippen molar-refractivity contribution in [1.82, 2.24) is 20.1 Å². The zero-order valence-electron chi connectivity index (χ0n) is 14.4. The topological polar surface area (TPSA) is 61.6 Å². The van der Waals surface area contributed by atoms with Crippen molar-refractivity contribution in [2.75, 3.05) is 26.2 Å². The van der Waals surface area contributed by atoms with Crippen LogP contribution < -0.4 is 5.32 Å². The van der Waals surface area contributed by atoms with Gasteiger partial charge >= 0.3 is 6.03 Å². The van der Waals surface area contributed by atoms with E-state index in [-0.39, 0.29) is 6.03 Å². The molecule has 7 heteroatoms. The Morgan fingerprint density at radius 1 is 1.38 bits per heavy atom. The van der Waals surface area contributed by atoms with Crippen molar-refractivity contribution in [2.45, 2.75) is 33.4 Å². The Labute approximate surface area is 146 Å². The Bertz CT molecular complexity index is 655. The summed E-state index contributed by atoms with van der Waals surface area (Å²) in [6, 6.07) is 2.53. The number of piperazine rings is 1. The maximum absolute atomic E-state index is 12.3. The van der Waals surface area contributed by atoms with E-state index in [2.05, 4.69) is 39.0 Å². The lowest BCUT2D eigenvalue weighted by Crippen LogP contribution is -2.52. The monoisotopic (exact) mass is 348 g/mol. The van der Waals surface area contributed by atoms with Crippen LogP contribution in [-0.4, -0.2) is 47.0 Å². The van der Waals surface area contributed by atoms with Crippen LogP contribution in [0.5, 0.6) is 0 Å². The van der Waals surface area contributed by atoms with Gasteiger partial charge in [-0.25, -0.2) is 9.78 Å². The van der Waals surface area contributed by atoms with Crippen molar-refractivity contribution in [2.24, 2.45) is 0 Å². The Morgan fingerprint density at radius 2 is 2.12 bits per heavy atom. The number of nitrogens with zero attached hydrogens (tertiary/aromatic N) is 3. The van der Waals surface area contributed by atoms with Crippen molar-refractivity contribution >= 4 is 17.4 Å². The molecule has 24 heavy (non-hydrogen) atoms. The van der Waals surface area contributed by atoms with E-state index in [1.54, 1.807) is 11.3 Å². The van der Waals surface area contributed by atoms with Crippen LogP contribution >= 0.6 is 11.3 Å². The molecule has 0 bridgehead atoms. The lowest BCUT2D eigenvalue weighted by atomic mass is 10.1. The molecule has 0 radical (unpaired) electrons. The van der Waals surface area contributed by atoms with E-state index in [0.717, 1.165) is 37.6 Å². The van der Waals surface area contributed by atoms with E-state index >= 15 is 0 Å². The standard InChI is InChI=1S/C17H24N4O2S/c1-12-14(3)23-16(19-12)10-18-17(22)21-7-5-20(6-8-21)13(2)15-4-9-24-11-15/h4,9,11,13H,5-8,10H2,1-3H3,(H,18,22). The molecule has 0 saturated carbocycles. The Hall–Kier alpha value is -1.86. The van der Waals surface area contributed by atoms with Gasteiger partial charge in [-0.05, 0) is 43.2 Å². The number of urea groups is 1. The van der Waals surface area contributed by atoms with Crippen LogP contribution in [-0.2, 0) is 6.54 Å². The minimum Gasteiger partial charge on any atom is -0.444 e. The number of oxazole rings is 1. The Morgan fingerprint density at radius 3 is 2.71 bits per heavy atom. The van der Waals surface area contributed by atoms with E-state index in [1.807, 2.05) is 18.7 Å². The molecule has 2 aromatic heterocycles. The molecule has 1 saturated heterocycles. The van der Waals surface area contributed by atoms with Crippen molar-refractivity contribution in [3.8, 4) is 0 Å². The van der Waals surface area contributed by atoms with Gasteiger partial charge in [0.05, 0.1) is 12.2 Å². The molecule has 6 nitrogen and oxygen atoms in total.